The standard InChI is InChI=1S/C20H19Cl2NO4/c1-19(12-20(19,21)22)18(25)27-16(13-7-4-3-5-8-13)17(24)23-14-9-6-10-15(11-14)26-2/h3-11,16H,12H2,1-2H3,(H,23,24)/t16-,19+/m0/s1. The second-order valence-electron chi connectivity index (χ2n) is 6.63. The van der Waals surface area contributed by atoms with Crippen LogP contribution in [0.5, 0.6) is 5.75 Å². The molecule has 1 N–H and O–H groups in total. The Morgan fingerprint density at radius 3 is 2.37 bits per heavy atom. The van der Waals surface area contributed by atoms with Crippen molar-refractivity contribution in [1.29, 1.82) is 0 Å². The van der Waals surface area contributed by atoms with Gasteiger partial charge in [-0.05, 0) is 19.1 Å². The maximum atomic E-state index is 12.9. The number of esters is 1. The fourth-order valence-corrected chi connectivity index (χ4v) is 3.36. The van der Waals surface area contributed by atoms with Crippen molar-refractivity contribution in [2.75, 3.05) is 12.4 Å². The Morgan fingerprint density at radius 2 is 1.78 bits per heavy atom. The summed E-state index contributed by atoms with van der Waals surface area (Å²) >= 11 is 12.1. The molecule has 0 spiro atoms. The van der Waals surface area contributed by atoms with Gasteiger partial charge in [0.05, 0.1) is 7.11 Å². The highest BCUT2D eigenvalue weighted by Crippen LogP contribution is 2.64. The Labute approximate surface area is 167 Å². The average molecular weight is 408 g/mol. The van der Waals surface area contributed by atoms with E-state index < -0.39 is 27.7 Å². The van der Waals surface area contributed by atoms with Gasteiger partial charge in [0.25, 0.3) is 5.91 Å². The third kappa shape index (κ3) is 4.04. The molecule has 0 bridgehead atoms. The number of carbonyl (C=O) groups is 2. The van der Waals surface area contributed by atoms with Crippen LogP contribution < -0.4 is 10.1 Å². The van der Waals surface area contributed by atoms with Crippen molar-refractivity contribution in [2.24, 2.45) is 5.41 Å². The molecule has 0 aromatic heterocycles. The average Bonchev–Trinajstić information content (AvgIpc) is 3.19. The van der Waals surface area contributed by atoms with Crippen molar-refractivity contribution in [3.05, 3.63) is 60.2 Å². The van der Waals surface area contributed by atoms with Crippen LogP contribution >= 0.6 is 23.2 Å². The van der Waals surface area contributed by atoms with Gasteiger partial charge in [-0.1, -0.05) is 36.4 Å². The Balaban J connectivity index is 1.82. The zero-order valence-corrected chi connectivity index (χ0v) is 16.4. The van der Waals surface area contributed by atoms with E-state index in [1.54, 1.807) is 55.5 Å². The third-order valence-electron chi connectivity index (χ3n) is 4.61. The number of benzene rings is 2. The minimum absolute atomic E-state index is 0.279. The molecule has 0 radical (unpaired) electrons. The molecule has 3 rings (SSSR count). The number of hydrogen-bond acceptors (Lipinski definition) is 4. The highest BCUT2D eigenvalue weighted by molar-refractivity contribution is 6.53. The first-order valence-electron chi connectivity index (χ1n) is 8.35. The number of ether oxygens (including phenoxy) is 2. The van der Waals surface area contributed by atoms with Crippen molar-refractivity contribution < 1.29 is 19.1 Å². The van der Waals surface area contributed by atoms with Gasteiger partial charge in [0.15, 0.2) is 0 Å². The maximum absolute atomic E-state index is 12.9. The van der Waals surface area contributed by atoms with Crippen LogP contribution in [0.25, 0.3) is 0 Å². The highest BCUT2D eigenvalue weighted by Gasteiger charge is 2.69. The summed E-state index contributed by atoms with van der Waals surface area (Å²) in [6.07, 6.45) is -0.854. The van der Waals surface area contributed by atoms with Gasteiger partial charge in [-0.25, -0.2) is 0 Å². The lowest BCUT2D eigenvalue weighted by molar-refractivity contribution is -0.159. The molecule has 0 unspecified atom stereocenters. The van der Waals surface area contributed by atoms with Gasteiger partial charge < -0.3 is 14.8 Å². The minimum atomic E-state index is -1.17. The van der Waals surface area contributed by atoms with Crippen molar-refractivity contribution in [1.82, 2.24) is 0 Å². The molecule has 1 amide bonds. The molecule has 2 aromatic rings. The number of nitrogens with one attached hydrogen (secondary N) is 1. The van der Waals surface area contributed by atoms with Gasteiger partial charge in [-0.3, -0.25) is 9.59 Å². The van der Waals surface area contributed by atoms with E-state index in [-0.39, 0.29) is 6.42 Å². The number of amides is 1. The Kier molecular flexibility index (Phi) is 5.36. The largest absolute Gasteiger partial charge is 0.497 e. The van der Waals surface area contributed by atoms with Crippen molar-refractivity contribution in [3.63, 3.8) is 0 Å². The van der Waals surface area contributed by atoms with Crippen LogP contribution in [0.3, 0.4) is 0 Å². The van der Waals surface area contributed by atoms with Crippen LogP contribution in [0.15, 0.2) is 54.6 Å². The normalized spacial score (nSPS) is 21.0. The molecule has 1 saturated carbocycles. The lowest BCUT2D eigenvalue weighted by Crippen LogP contribution is -2.30. The zero-order valence-electron chi connectivity index (χ0n) is 14.9. The predicted octanol–water partition coefficient (Wildman–Crippen LogP) is 4.50. The van der Waals surface area contributed by atoms with Crippen LogP contribution in [0.4, 0.5) is 5.69 Å². The summed E-state index contributed by atoms with van der Waals surface area (Å²) < 4.78 is 9.52. The van der Waals surface area contributed by atoms with Gasteiger partial charge in [0.1, 0.15) is 15.5 Å². The Hall–Kier alpha value is -2.24. The van der Waals surface area contributed by atoms with E-state index in [9.17, 15) is 9.59 Å². The zero-order chi connectivity index (χ0) is 19.7. The van der Waals surface area contributed by atoms with Crippen molar-refractivity contribution in [2.45, 2.75) is 23.8 Å². The first-order chi connectivity index (χ1) is 12.8. The number of methoxy groups -OCH3 is 1. The second kappa shape index (κ2) is 7.41. The summed E-state index contributed by atoms with van der Waals surface area (Å²) in [4.78, 5) is 25.5. The fraction of sp³-hybridized carbons (Fsp3) is 0.300. The third-order valence-corrected chi connectivity index (χ3v) is 5.71. The molecule has 0 aliphatic heterocycles. The van der Waals surface area contributed by atoms with Crippen molar-refractivity contribution >= 4 is 40.8 Å². The molecular weight excluding hydrogens is 389 g/mol. The van der Waals surface area contributed by atoms with Crippen molar-refractivity contribution in [3.8, 4) is 5.75 Å². The van der Waals surface area contributed by atoms with Crippen LogP contribution in [-0.4, -0.2) is 23.3 Å². The first kappa shape index (κ1) is 19.5. The Morgan fingerprint density at radius 1 is 1.11 bits per heavy atom. The second-order valence-corrected chi connectivity index (χ2v) is 8.11. The molecule has 0 saturated heterocycles. The lowest BCUT2D eigenvalue weighted by Gasteiger charge is -2.21. The van der Waals surface area contributed by atoms with Gasteiger partial charge in [0.2, 0.25) is 6.10 Å². The van der Waals surface area contributed by atoms with E-state index in [2.05, 4.69) is 5.32 Å². The van der Waals surface area contributed by atoms with Crippen LogP contribution in [0, 0.1) is 5.41 Å². The van der Waals surface area contributed by atoms with E-state index in [0.717, 1.165) is 0 Å². The number of halogens is 2. The van der Waals surface area contributed by atoms with Gasteiger partial charge in [-0.15, -0.1) is 23.2 Å². The first-order valence-corrected chi connectivity index (χ1v) is 9.11. The summed E-state index contributed by atoms with van der Waals surface area (Å²) in [5.74, 6) is -0.496. The van der Waals surface area contributed by atoms with E-state index in [1.807, 2.05) is 6.07 Å². The summed E-state index contributed by atoms with van der Waals surface area (Å²) in [5, 5.41) is 2.75. The molecule has 2 atom stereocenters. The Bertz CT molecular complexity index is 856. The predicted molar refractivity (Wildman–Crippen MR) is 104 cm³/mol. The maximum Gasteiger partial charge on any atom is 0.316 e. The summed E-state index contributed by atoms with van der Waals surface area (Å²) in [5.41, 5.74) is 0.0441. The van der Waals surface area contributed by atoms with E-state index >= 15 is 0 Å². The quantitative estimate of drug-likeness (QED) is 0.565. The molecule has 5 nitrogen and oxygen atoms in total. The number of anilines is 1. The molecule has 142 valence electrons. The molecule has 1 aliphatic rings. The van der Waals surface area contributed by atoms with Crippen LogP contribution in [0.1, 0.15) is 25.0 Å². The van der Waals surface area contributed by atoms with Gasteiger partial charge >= 0.3 is 5.97 Å². The SMILES string of the molecule is COc1cccc(NC(=O)[C@@H](OC(=O)[C@@]2(C)CC2(Cl)Cl)c2ccccc2)c1. The lowest BCUT2D eigenvalue weighted by atomic mass is 10.1. The number of carbonyl (C=O) groups excluding carboxylic acids is 2. The summed E-state index contributed by atoms with van der Waals surface area (Å²) in [6.45, 7) is 1.62. The topological polar surface area (TPSA) is 64.6 Å². The van der Waals surface area contributed by atoms with Crippen LogP contribution in [0.2, 0.25) is 0 Å². The van der Waals surface area contributed by atoms with E-state index in [0.29, 0.717) is 17.0 Å². The minimum Gasteiger partial charge on any atom is -0.497 e. The molecule has 1 aliphatic carbocycles. The molecule has 1 fully saturated rings. The monoisotopic (exact) mass is 407 g/mol. The van der Waals surface area contributed by atoms with E-state index in [1.165, 1.54) is 7.11 Å². The summed E-state index contributed by atoms with van der Waals surface area (Å²) in [6, 6.07) is 15.7. The number of hydrogen-bond donors (Lipinski definition) is 1. The molecule has 7 heteroatoms. The highest BCUT2D eigenvalue weighted by atomic mass is 35.5. The van der Waals surface area contributed by atoms with Gasteiger partial charge in [-0.2, -0.15) is 0 Å². The molecule has 0 heterocycles. The van der Waals surface area contributed by atoms with Crippen LogP contribution in [-0.2, 0) is 14.3 Å². The summed E-state index contributed by atoms with van der Waals surface area (Å²) in [7, 11) is 1.54. The van der Waals surface area contributed by atoms with Gasteiger partial charge in [0, 0.05) is 23.7 Å². The number of rotatable bonds is 6. The number of alkyl halides is 2. The smallest absolute Gasteiger partial charge is 0.316 e. The molecule has 2 aromatic carbocycles. The fourth-order valence-electron chi connectivity index (χ4n) is 2.67. The van der Waals surface area contributed by atoms with E-state index in [4.69, 9.17) is 32.7 Å². The molecular formula is C20H19Cl2NO4. The molecule has 27 heavy (non-hydrogen) atoms.